The number of hydrogen-bond donors (Lipinski definition) is 0. The molecule has 0 radical (unpaired) electrons. The molecule has 0 aromatic heterocycles. The van der Waals surface area contributed by atoms with Gasteiger partial charge in [0.1, 0.15) is 0 Å². The molecule has 3 nitrogen and oxygen atoms in total. The van der Waals surface area contributed by atoms with Crippen LogP contribution in [0, 0.1) is 11.3 Å². The Hall–Kier alpha value is -0.570. The van der Waals surface area contributed by atoms with E-state index in [1.807, 2.05) is 6.92 Å². The quantitative estimate of drug-likeness (QED) is 0.693. The van der Waals surface area contributed by atoms with Crippen LogP contribution in [-0.4, -0.2) is 37.1 Å². The Balaban J connectivity index is 2.71. The fourth-order valence-electron chi connectivity index (χ4n) is 3.49. The molecule has 1 fully saturated rings. The molecule has 0 N–H and O–H groups in total. The molecule has 20 heavy (non-hydrogen) atoms. The minimum atomic E-state index is -0.0469. The van der Waals surface area contributed by atoms with Gasteiger partial charge in [-0.25, -0.2) is 0 Å². The predicted octanol–water partition coefficient (Wildman–Crippen LogP) is 3.87. The van der Waals surface area contributed by atoms with E-state index in [-0.39, 0.29) is 11.5 Å². The van der Waals surface area contributed by atoms with Crippen LogP contribution < -0.4 is 0 Å². The lowest BCUT2D eigenvalue weighted by Gasteiger charge is -2.48. The summed E-state index contributed by atoms with van der Waals surface area (Å²) in [5.41, 5.74) is 0.426. The summed E-state index contributed by atoms with van der Waals surface area (Å²) >= 11 is 0. The first-order chi connectivity index (χ1) is 9.27. The first-order valence-electron chi connectivity index (χ1n) is 8.10. The maximum absolute atomic E-state index is 11.9. The molecule has 3 heteroatoms. The number of nitrogens with zero attached hydrogens (tertiary/aromatic N) is 1. The second-order valence-electron chi connectivity index (χ2n) is 7.22. The van der Waals surface area contributed by atoms with Gasteiger partial charge in [-0.3, -0.25) is 4.79 Å². The van der Waals surface area contributed by atoms with E-state index in [0.717, 1.165) is 18.8 Å². The lowest BCUT2D eigenvalue weighted by Crippen LogP contribution is -2.50. The minimum Gasteiger partial charge on any atom is -0.466 e. The second kappa shape index (κ2) is 6.93. The Morgan fingerprint density at radius 1 is 1.25 bits per heavy atom. The van der Waals surface area contributed by atoms with Gasteiger partial charge in [0.05, 0.1) is 13.0 Å². The van der Waals surface area contributed by atoms with Gasteiger partial charge in [0.15, 0.2) is 0 Å². The van der Waals surface area contributed by atoms with Crippen molar-refractivity contribution in [3.05, 3.63) is 0 Å². The standard InChI is InChI=1S/C17H33NO2/c1-7-16(3,4)14-9-11-17(12-10-14,18(5)6)13-15(19)20-8-2/h14H,7-13H2,1-6H3. The van der Waals surface area contributed by atoms with Gasteiger partial charge in [-0.05, 0) is 58.0 Å². The molecular weight excluding hydrogens is 250 g/mol. The summed E-state index contributed by atoms with van der Waals surface area (Å²) in [6.07, 6.45) is 6.41. The topological polar surface area (TPSA) is 29.5 Å². The van der Waals surface area contributed by atoms with Gasteiger partial charge in [0.25, 0.3) is 0 Å². The van der Waals surface area contributed by atoms with Gasteiger partial charge in [0.2, 0.25) is 0 Å². The number of ether oxygens (including phenoxy) is 1. The van der Waals surface area contributed by atoms with Crippen molar-refractivity contribution in [2.75, 3.05) is 20.7 Å². The van der Waals surface area contributed by atoms with Crippen LogP contribution in [0.15, 0.2) is 0 Å². The van der Waals surface area contributed by atoms with Crippen molar-refractivity contribution in [3.63, 3.8) is 0 Å². The molecule has 0 spiro atoms. The van der Waals surface area contributed by atoms with Crippen LogP contribution in [-0.2, 0) is 9.53 Å². The van der Waals surface area contributed by atoms with Gasteiger partial charge in [-0.15, -0.1) is 0 Å². The summed E-state index contributed by atoms with van der Waals surface area (Å²) in [5.74, 6) is 0.733. The first kappa shape index (κ1) is 17.5. The SMILES string of the molecule is CCOC(=O)CC1(N(C)C)CCC(C(C)(C)CC)CC1. The summed E-state index contributed by atoms with van der Waals surface area (Å²) in [7, 11) is 4.20. The lowest BCUT2D eigenvalue weighted by molar-refractivity contribution is -0.147. The third kappa shape index (κ3) is 3.97. The highest BCUT2D eigenvalue weighted by Crippen LogP contribution is 2.46. The molecule has 0 unspecified atom stereocenters. The fourth-order valence-corrected chi connectivity index (χ4v) is 3.49. The van der Waals surface area contributed by atoms with Crippen molar-refractivity contribution in [1.29, 1.82) is 0 Å². The van der Waals surface area contributed by atoms with Crippen molar-refractivity contribution < 1.29 is 9.53 Å². The highest BCUT2D eigenvalue weighted by Gasteiger charge is 2.42. The lowest BCUT2D eigenvalue weighted by atomic mass is 9.64. The van der Waals surface area contributed by atoms with Crippen LogP contribution in [0.5, 0.6) is 0 Å². The number of carbonyl (C=O) groups is 1. The smallest absolute Gasteiger partial charge is 0.307 e. The molecule has 0 bridgehead atoms. The molecule has 0 atom stereocenters. The van der Waals surface area contributed by atoms with E-state index in [4.69, 9.17) is 4.74 Å². The van der Waals surface area contributed by atoms with Crippen molar-refractivity contribution in [2.45, 2.75) is 71.8 Å². The third-order valence-electron chi connectivity index (χ3n) is 5.66. The van der Waals surface area contributed by atoms with E-state index in [1.54, 1.807) is 0 Å². The Kier molecular flexibility index (Phi) is 6.06. The Bertz CT molecular complexity index is 315. The largest absolute Gasteiger partial charge is 0.466 e. The number of hydrogen-bond acceptors (Lipinski definition) is 3. The van der Waals surface area contributed by atoms with E-state index in [9.17, 15) is 4.79 Å². The van der Waals surface area contributed by atoms with Gasteiger partial charge < -0.3 is 9.64 Å². The number of carbonyl (C=O) groups excluding carboxylic acids is 1. The van der Waals surface area contributed by atoms with Crippen LogP contribution in [0.2, 0.25) is 0 Å². The van der Waals surface area contributed by atoms with Crippen molar-refractivity contribution in [1.82, 2.24) is 4.90 Å². The maximum atomic E-state index is 11.9. The van der Waals surface area contributed by atoms with Crippen molar-refractivity contribution in [3.8, 4) is 0 Å². The molecule has 0 aliphatic heterocycles. The average Bonchev–Trinajstić information content (AvgIpc) is 2.39. The molecule has 118 valence electrons. The van der Waals surface area contributed by atoms with Crippen LogP contribution >= 0.6 is 0 Å². The highest BCUT2D eigenvalue weighted by atomic mass is 16.5. The van der Waals surface area contributed by atoms with Crippen molar-refractivity contribution in [2.24, 2.45) is 11.3 Å². The zero-order chi connectivity index (χ0) is 15.4. The van der Waals surface area contributed by atoms with Gasteiger partial charge >= 0.3 is 5.97 Å². The number of rotatable bonds is 6. The summed E-state index contributed by atoms with van der Waals surface area (Å²) in [6, 6.07) is 0. The second-order valence-corrected chi connectivity index (χ2v) is 7.22. The van der Waals surface area contributed by atoms with Gasteiger partial charge in [0, 0.05) is 5.54 Å². The zero-order valence-corrected chi connectivity index (χ0v) is 14.3. The van der Waals surface area contributed by atoms with Crippen LogP contribution in [0.25, 0.3) is 0 Å². The Morgan fingerprint density at radius 2 is 1.80 bits per heavy atom. The van der Waals surface area contributed by atoms with E-state index >= 15 is 0 Å². The molecule has 1 rings (SSSR count). The molecule has 0 saturated heterocycles. The normalized spacial score (nSPS) is 27.6. The minimum absolute atomic E-state index is 0.00652. The summed E-state index contributed by atoms with van der Waals surface area (Å²) in [5, 5.41) is 0. The predicted molar refractivity (Wildman–Crippen MR) is 83.7 cm³/mol. The zero-order valence-electron chi connectivity index (χ0n) is 14.3. The van der Waals surface area contributed by atoms with Gasteiger partial charge in [-0.2, -0.15) is 0 Å². The summed E-state index contributed by atoms with van der Waals surface area (Å²) in [6.45, 7) is 9.40. The van der Waals surface area contributed by atoms with E-state index in [2.05, 4.69) is 39.8 Å². The van der Waals surface area contributed by atoms with E-state index < -0.39 is 0 Å². The first-order valence-corrected chi connectivity index (χ1v) is 8.10. The van der Waals surface area contributed by atoms with E-state index in [1.165, 1.54) is 19.3 Å². The Morgan fingerprint density at radius 3 is 2.20 bits per heavy atom. The van der Waals surface area contributed by atoms with Crippen LogP contribution in [0.3, 0.4) is 0 Å². The number of esters is 1. The third-order valence-corrected chi connectivity index (χ3v) is 5.66. The monoisotopic (exact) mass is 283 g/mol. The van der Waals surface area contributed by atoms with E-state index in [0.29, 0.717) is 18.4 Å². The molecule has 0 aromatic rings. The van der Waals surface area contributed by atoms with Crippen LogP contribution in [0.4, 0.5) is 0 Å². The highest BCUT2D eigenvalue weighted by molar-refractivity contribution is 5.71. The van der Waals surface area contributed by atoms with Gasteiger partial charge in [-0.1, -0.05) is 27.2 Å². The molecule has 0 amide bonds. The molecular formula is C17H33NO2. The summed E-state index contributed by atoms with van der Waals surface area (Å²) < 4.78 is 5.17. The molecule has 1 saturated carbocycles. The van der Waals surface area contributed by atoms with Crippen LogP contribution in [0.1, 0.15) is 66.2 Å². The molecule has 1 aliphatic rings. The average molecular weight is 283 g/mol. The molecule has 1 aliphatic carbocycles. The maximum Gasteiger partial charge on any atom is 0.307 e. The fraction of sp³-hybridized carbons (Fsp3) is 0.941. The molecule has 0 heterocycles. The molecule has 0 aromatic carbocycles. The summed E-state index contributed by atoms with van der Waals surface area (Å²) in [4.78, 5) is 14.2. The van der Waals surface area contributed by atoms with Crippen molar-refractivity contribution >= 4 is 5.97 Å². The Labute approximate surface area is 125 Å².